The highest BCUT2D eigenvalue weighted by atomic mass is 15.0. The van der Waals surface area contributed by atoms with Gasteiger partial charge in [0.25, 0.3) is 0 Å². The lowest BCUT2D eigenvalue weighted by molar-refractivity contribution is 1.01. The van der Waals surface area contributed by atoms with Crippen LogP contribution in [0.15, 0.2) is 206 Å². The molecule has 0 bridgehead atoms. The lowest BCUT2D eigenvalue weighted by atomic mass is 9.91. The summed E-state index contributed by atoms with van der Waals surface area (Å²) in [7, 11) is 0. The van der Waals surface area contributed by atoms with Crippen LogP contribution in [0, 0.1) is 22.7 Å². The van der Waals surface area contributed by atoms with Crippen molar-refractivity contribution in [1.82, 2.24) is 34.5 Å². The molecule has 10 aromatic rings. The molecule has 0 radical (unpaired) electrons. The van der Waals surface area contributed by atoms with Crippen molar-refractivity contribution in [2.24, 2.45) is 0 Å². The quantitative estimate of drug-likeness (QED) is 0.104. The molecule has 2 aliphatic carbocycles. The number of nitrogens with two attached hydrogens (primary N) is 1. The summed E-state index contributed by atoms with van der Waals surface area (Å²) in [5, 5.41) is 23.6. The van der Waals surface area contributed by atoms with E-state index in [1.165, 1.54) is 0 Å². The Kier molecular flexibility index (Phi) is 11.3. The Labute approximate surface area is 420 Å². The van der Waals surface area contributed by atoms with E-state index in [1.807, 2.05) is 133 Å². The van der Waals surface area contributed by atoms with Crippen molar-refractivity contribution in [1.29, 1.82) is 10.5 Å². The summed E-state index contributed by atoms with van der Waals surface area (Å²) in [6, 6.07) is 56.6. The maximum Gasteiger partial charge on any atom is 0.164 e. The van der Waals surface area contributed by atoms with E-state index in [4.69, 9.17) is 35.6 Å². The van der Waals surface area contributed by atoms with Crippen molar-refractivity contribution in [3.05, 3.63) is 240 Å². The number of allylic oxidation sites excluding steroid dienone is 8. The number of benzene rings is 7. The van der Waals surface area contributed by atoms with E-state index in [0.717, 1.165) is 84.7 Å². The molecule has 0 saturated heterocycles. The summed E-state index contributed by atoms with van der Waals surface area (Å²) in [6.45, 7) is 0. The van der Waals surface area contributed by atoms with E-state index in [-0.39, 0.29) is 0 Å². The van der Waals surface area contributed by atoms with Gasteiger partial charge in [-0.1, -0.05) is 157 Å². The number of nitriles is 2. The lowest BCUT2D eigenvalue weighted by Gasteiger charge is -2.17. The van der Waals surface area contributed by atoms with Crippen LogP contribution in [-0.2, 0) is 6.42 Å². The van der Waals surface area contributed by atoms with E-state index in [2.05, 4.69) is 76.7 Å². The third kappa shape index (κ3) is 8.29. The van der Waals surface area contributed by atoms with Crippen LogP contribution in [0.1, 0.15) is 46.7 Å². The summed E-state index contributed by atoms with van der Waals surface area (Å²) in [5.41, 5.74) is 25.6. The van der Waals surface area contributed by atoms with Crippen LogP contribution >= 0.6 is 0 Å². The van der Waals surface area contributed by atoms with Crippen molar-refractivity contribution >= 4 is 38.6 Å². The molecule has 3 aromatic heterocycles. The van der Waals surface area contributed by atoms with Gasteiger partial charge in [-0.3, -0.25) is 0 Å². The average Bonchev–Trinajstić information content (AvgIpc) is 3.81. The number of nitrogens with zero attached hydrogens (tertiary/aromatic N) is 9. The molecule has 0 aliphatic heterocycles. The second-order valence-electron chi connectivity index (χ2n) is 17.6. The molecule has 342 valence electrons. The third-order valence-electron chi connectivity index (χ3n) is 13.2. The number of fused-ring (bicyclic) bond motifs is 3. The van der Waals surface area contributed by atoms with Crippen LogP contribution in [0.5, 0.6) is 0 Å². The third-order valence-corrected chi connectivity index (χ3v) is 13.2. The lowest BCUT2D eigenvalue weighted by Crippen LogP contribution is -2.04. The van der Waals surface area contributed by atoms with E-state index in [0.29, 0.717) is 69.4 Å². The summed E-state index contributed by atoms with van der Waals surface area (Å²) in [6.07, 6.45) is 14.2. The number of anilines is 1. The molecule has 10 heteroatoms. The average molecular weight is 937 g/mol. The first-order chi connectivity index (χ1) is 36.0. The van der Waals surface area contributed by atoms with Gasteiger partial charge in [0.2, 0.25) is 0 Å². The Morgan fingerprint density at radius 3 is 1.81 bits per heavy atom. The van der Waals surface area contributed by atoms with Crippen LogP contribution in [0.25, 0.3) is 95.3 Å². The fourth-order valence-electron chi connectivity index (χ4n) is 9.61. The largest absolute Gasteiger partial charge is 0.397 e. The standard InChI is InChI=1S/C63H40N10/c64-38-48-36-46(62-69-58(40-17-5-1-6-18-40)67-59(70-62)41-19-7-2-8-20-41)30-29-44(48)35-45-25-13-14-26-50(45)52-32-33-53-51-27-15-16-28-55(51)73(57(53)56(52)66)54-34-31-47(37-49(54)39-65)63-71-60(42-21-9-3-10-22-42)68-61(72-63)43-23-11-4-12-24-43/h1,3,5-7,9-11,13-34,36-37H,2,8,35,66H2. The molecule has 0 unspecified atom stereocenters. The number of rotatable bonds is 10. The molecule has 2 N–H and O–H groups in total. The van der Waals surface area contributed by atoms with E-state index in [1.54, 1.807) is 12.2 Å². The molecule has 0 fully saturated rings. The van der Waals surface area contributed by atoms with Gasteiger partial charge < -0.3 is 10.3 Å². The first-order valence-corrected chi connectivity index (χ1v) is 23.9. The van der Waals surface area contributed by atoms with Crippen molar-refractivity contribution < 1.29 is 0 Å². The normalized spacial score (nSPS) is 12.7. The number of aromatic nitrogens is 7. The van der Waals surface area contributed by atoms with Gasteiger partial charge in [0.1, 0.15) is 6.07 Å². The first kappa shape index (κ1) is 43.9. The summed E-state index contributed by atoms with van der Waals surface area (Å²) >= 11 is 0. The summed E-state index contributed by atoms with van der Waals surface area (Å²) in [4.78, 5) is 29.4. The number of nitrogen functional groups attached to an aromatic ring is 1. The maximum absolute atomic E-state index is 10.9. The number of para-hydroxylation sites is 1. The Morgan fingerprint density at radius 1 is 0.521 bits per heavy atom. The highest BCUT2D eigenvalue weighted by Crippen LogP contribution is 2.42. The molecule has 12 rings (SSSR count). The van der Waals surface area contributed by atoms with Gasteiger partial charge in [0.05, 0.1) is 39.6 Å². The minimum absolute atomic E-state index is 0.413. The monoisotopic (exact) mass is 936 g/mol. The van der Waals surface area contributed by atoms with Crippen LogP contribution in [0.4, 0.5) is 5.69 Å². The molecule has 10 nitrogen and oxygen atoms in total. The molecule has 3 heterocycles. The molecular formula is C63H40N10. The zero-order valence-corrected chi connectivity index (χ0v) is 39.2. The first-order valence-electron chi connectivity index (χ1n) is 23.9. The van der Waals surface area contributed by atoms with Crippen molar-refractivity contribution in [2.75, 3.05) is 5.73 Å². The molecule has 0 atom stereocenters. The fraction of sp³-hybridized carbons (Fsp3) is 0.0476. The van der Waals surface area contributed by atoms with Gasteiger partial charge in [-0.2, -0.15) is 10.5 Å². The van der Waals surface area contributed by atoms with Gasteiger partial charge in [0, 0.05) is 49.7 Å². The van der Waals surface area contributed by atoms with Gasteiger partial charge in [-0.25, -0.2) is 29.9 Å². The van der Waals surface area contributed by atoms with Crippen LogP contribution in [-0.4, -0.2) is 34.5 Å². The highest BCUT2D eigenvalue weighted by Gasteiger charge is 2.23. The molecule has 2 aliphatic rings. The minimum atomic E-state index is 0.413. The number of hydrogen-bond donors (Lipinski definition) is 1. The molecule has 0 spiro atoms. The molecule has 0 saturated carbocycles. The van der Waals surface area contributed by atoms with Crippen LogP contribution < -0.4 is 5.73 Å². The molecular weight excluding hydrogens is 897 g/mol. The zero-order chi connectivity index (χ0) is 49.3. The SMILES string of the molecule is N#Cc1cc(-c2nc(C3=CCCC=C3)nc(-c3ccccc3)n2)ccc1Cc1ccccc1-c1ccc2c3ccccc3n(-c3ccc(-c4nc(C5=CC=C=C=C5)nc(-c5ccccc5)n4)cc3C#N)c2c1N. The van der Waals surface area contributed by atoms with Gasteiger partial charge in [-0.15, -0.1) is 0 Å². The summed E-state index contributed by atoms with van der Waals surface area (Å²) < 4.78 is 2.09. The van der Waals surface area contributed by atoms with Gasteiger partial charge in [-0.05, 0) is 84.5 Å². The fourth-order valence-corrected chi connectivity index (χ4v) is 9.61. The predicted molar refractivity (Wildman–Crippen MR) is 288 cm³/mol. The topological polar surface area (TPSA) is 156 Å². The Hall–Kier alpha value is -10.3. The van der Waals surface area contributed by atoms with E-state index < -0.39 is 0 Å². The van der Waals surface area contributed by atoms with Gasteiger partial charge in [0.15, 0.2) is 34.9 Å². The van der Waals surface area contributed by atoms with Gasteiger partial charge >= 0.3 is 0 Å². The molecule has 0 amide bonds. The van der Waals surface area contributed by atoms with Crippen LogP contribution in [0.2, 0.25) is 0 Å². The zero-order valence-electron chi connectivity index (χ0n) is 39.2. The predicted octanol–water partition coefficient (Wildman–Crippen LogP) is 13.4. The Morgan fingerprint density at radius 2 is 1.14 bits per heavy atom. The number of hydrogen-bond acceptors (Lipinski definition) is 9. The van der Waals surface area contributed by atoms with Crippen molar-refractivity contribution in [3.63, 3.8) is 0 Å². The van der Waals surface area contributed by atoms with E-state index >= 15 is 0 Å². The Bertz CT molecular complexity index is 4170. The maximum atomic E-state index is 10.9. The smallest absolute Gasteiger partial charge is 0.164 e. The van der Waals surface area contributed by atoms with E-state index in [9.17, 15) is 10.5 Å². The second kappa shape index (κ2) is 18.9. The summed E-state index contributed by atoms with van der Waals surface area (Å²) in [5.74, 6) is 3.08. The Balaban J connectivity index is 0.933. The molecule has 7 aromatic carbocycles. The van der Waals surface area contributed by atoms with Crippen molar-refractivity contribution in [3.8, 4) is 74.5 Å². The van der Waals surface area contributed by atoms with Crippen molar-refractivity contribution in [2.45, 2.75) is 19.3 Å². The second-order valence-corrected chi connectivity index (χ2v) is 17.6. The molecule has 73 heavy (non-hydrogen) atoms. The minimum Gasteiger partial charge on any atom is -0.397 e. The van der Waals surface area contributed by atoms with Crippen LogP contribution in [0.3, 0.4) is 0 Å². The highest BCUT2D eigenvalue weighted by molar-refractivity contribution is 6.15.